The lowest BCUT2D eigenvalue weighted by molar-refractivity contribution is 0.342. The van der Waals surface area contributed by atoms with Crippen LogP contribution in [0.3, 0.4) is 0 Å². The van der Waals surface area contributed by atoms with Gasteiger partial charge in [0.1, 0.15) is 5.75 Å². The third-order valence-corrected chi connectivity index (χ3v) is 3.18. The second kappa shape index (κ2) is 6.49. The second-order valence-corrected chi connectivity index (χ2v) is 5.45. The van der Waals surface area contributed by atoms with Gasteiger partial charge in [0.25, 0.3) is 0 Å². The molecule has 0 saturated carbocycles. The molecule has 1 rings (SSSR count). The summed E-state index contributed by atoms with van der Waals surface area (Å²) in [6, 6.07) is 5.73. The lowest BCUT2D eigenvalue weighted by Gasteiger charge is -2.15. The van der Waals surface area contributed by atoms with E-state index in [1.54, 1.807) is 6.26 Å². The van der Waals surface area contributed by atoms with E-state index in [0.29, 0.717) is 23.8 Å². The normalized spacial score (nSPS) is 14.1. The zero-order valence-corrected chi connectivity index (χ0v) is 11.3. The number of nitrogens with one attached hydrogen (secondary N) is 1. The first kappa shape index (κ1) is 13.8. The van der Waals surface area contributed by atoms with Crippen LogP contribution in [-0.2, 0) is 10.8 Å². The highest BCUT2D eigenvalue weighted by molar-refractivity contribution is 7.84. The molecular formula is C12H20N2O2S. The maximum Gasteiger partial charge on any atom is 0.144 e. The number of anilines is 2. The fraction of sp³-hybridized carbons (Fsp3) is 0.500. The van der Waals surface area contributed by atoms with Gasteiger partial charge in [0.05, 0.1) is 12.3 Å². The number of benzene rings is 1. The summed E-state index contributed by atoms with van der Waals surface area (Å²) in [6.07, 6.45) is 1.70. The lowest BCUT2D eigenvalue weighted by Crippen LogP contribution is -2.22. The summed E-state index contributed by atoms with van der Waals surface area (Å²) in [5.41, 5.74) is 7.35. The van der Waals surface area contributed by atoms with Crippen molar-refractivity contribution in [2.24, 2.45) is 0 Å². The Bertz CT molecular complexity index is 396. The molecule has 0 saturated heterocycles. The van der Waals surface area contributed by atoms with E-state index >= 15 is 0 Å². The van der Waals surface area contributed by atoms with Crippen LogP contribution in [0.15, 0.2) is 18.2 Å². The summed E-state index contributed by atoms with van der Waals surface area (Å²) in [5.74, 6) is 1.30. The first-order valence-corrected chi connectivity index (χ1v) is 7.34. The quantitative estimate of drug-likeness (QED) is 0.762. The van der Waals surface area contributed by atoms with Gasteiger partial charge in [-0.2, -0.15) is 0 Å². The summed E-state index contributed by atoms with van der Waals surface area (Å²) in [5, 5.41) is 3.27. The Morgan fingerprint density at radius 1 is 1.53 bits per heavy atom. The summed E-state index contributed by atoms with van der Waals surface area (Å²) >= 11 is 0. The van der Waals surface area contributed by atoms with Gasteiger partial charge in [-0.25, -0.2) is 0 Å². The number of nitrogens with two attached hydrogens (primary N) is 1. The van der Waals surface area contributed by atoms with Crippen LogP contribution in [0, 0.1) is 0 Å². The molecule has 0 radical (unpaired) electrons. The summed E-state index contributed by atoms with van der Waals surface area (Å²) in [4.78, 5) is 0. The van der Waals surface area contributed by atoms with Crippen molar-refractivity contribution in [2.45, 2.75) is 19.9 Å². The fourth-order valence-electron chi connectivity index (χ4n) is 1.58. The predicted molar refractivity (Wildman–Crippen MR) is 74.0 cm³/mol. The molecule has 0 spiro atoms. The van der Waals surface area contributed by atoms with Gasteiger partial charge in [-0.15, -0.1) is 0 Å². The lowest BCUT2D eigenvalue weighted by atomic mass is 10.2. The molecule has 0 heterocycles. The van der Waals surface area contributed by atoms with Gasteiger partial charge in [0, 0.05) is 40.6 Å². The molecule has 1 aromatic carbocycles. The molecule has 0 aliphatic heterocycles. The number of hydrogen-bond acceptors (Lipinski definition) is 4. The average molecular weight is 256 g/mol. The van der Waals surface area contributed by atoms with E-state index in [-0.39, 0.29) is 6.04 Å². The Morgan fingerprint density at radius 3 is 2.82 bits per heavy atom. The molecule has 0 aliphatic rings. The zero-order chi connectivity index (χ0) is 12.8. The minimum atomic E-state index is -0.801. The molecule has 0 aliphatic carbocycles. The molecule has 0 fully saturated rings. The van der Waals surface area contributed by atoms with Crippen LogP contribution in [-0.4, -0.2) is 28.9 Å². The van der Waals surface area contributed by atoms with E-state index in [1.165, 1.54) is 0 Å². The van der Waals surface area contributed by atoms with Crippen LogP contribution in [0.4, 0.5) is 11.4 Å². The molecule has 2 unspecified atom stereocenters. The van der Waals surface area contributed by atoms with E-state index in [9.17, 15) is 4.21 Å². The van der Waals surface area contributed by atoms with Crippen molar-refractivity contribution in [3.05, 3.63) is 18.2 Å². The molecule has 0 bridgehead atoms. The van der Waals surface area contributed by atoms with Crippen molar-refractivity contribution in [3.63, 3.8) is 0 Å². The second-order valence-electron chi connectivity index (χ2n) is 3.97. The number of rotatable bonds is 6. The third-order valence-electron chi connectivity index (χ3n) is 2.21. The van der Waals surface area contributed by atoms with Crippen molar-refractivity contribution in [1.29, 1.82) is 0 Å². The van der Waals surface area contributed by atoms with Crippen LogP contribution < -0.4 is 15.8 Å². The molecule has 0 amide bonds. The molecular weight excluding hydrogens is 236 g/mol. The van der Waals surface area contributed by atoms with Gasteiger partial charge in [0.2, 0.25) is 0 Å². The van der Waals surface area contributed by atoms with Gasteiger partial charge >= 0.3 is 0 Å². The maximum atomic E-state index is 11.1. The minimum Gasteiger partial charge on any atom is -0.492 e. The first-order chi connectivity index (χ1) is 8.02. The Kier molecular flexibility index (Phi) is 5.28. The van der Waals surface area contributed by atoms with Crippen molar-refractivity contribution in [3.8, 4) is 5.75 Å². The van der Waals surface area contributed by atoms with Crippen molar-refractivity contribution in [1.82, 2.24) is 0 Å². The number of hydrogen-bond donors (Lipinski definition) is 2. The van der Waals surface area contributed by atoms with Crippen LogP contribution in [0.5, 0.6) is 5.75 Å². The summed E-state index contributed by atoms with van der Waals surface area (Å²) in [7, 11) is -0.801. The van der Waals surface area contributed by atoms with E-state index in [0.717, 1.165) is 5.69 Å². The summed E-state index contributed by atoms with van der Waals surface area (Å²) < 4.78 is 16.5. The Hall–Kier alpha value is -1.23. The number of ether oxygens (including phenoxy) is 1. The van der Waals surface area contributed by atoms with E-state index in [1.807, 2.05) is 32.0 Å². The van der Waals surface area contributed by atoms with Crippen molar-refractivity contribution < 1.29 is 8.95 Å². The van der Waals surface area contributed by atoms with Crippen LogP contribution in [0.2, 0.25) is 0 Å². The average Bonchev–Trinajstić information content (AvgIpc) is 2.22. The first-order valence-electron chi connectivity index (χ1n) is 5.61. The predicted octanol–water partition coefficient (Wildman–Crippen LogP) is 1.85. The van der Waals surface area contributed by atoms with E-state index < -0.39 is 10.8 Å². The van der Waals surface area contributed by atoms with Crippen LogP contribution in [0.1, 0.15) is 13.8 Å². The molecule has 4 nitrogen and oxygen atoms in total. The van der Waals surface area contributed by atoms with E-state index in [4.69, 9.17) is 10.5 Å². The summed E-state index contributed by atoms with van der Waals surface area (Å²) in [6.45, 7) is 4.50. The SMILES string of the molecule is CCOc1cc(NC(C)CS(C)=O)ccc1N. The van der Waals surface area contributed by atoms with Gasteiger partial charge in [0.15, 0.2) is 0 Å². The minimum absolute atomic E-state index is 0.152. The van der Waals surface area contributed by atoms with E-state index in [2.05, 4.69) is 5.32 Å². The smallest absolute Gasteiger partial charge is 0.144 e. The molecule has 2 atom stereocenters. The Labute approximate surface area is 105 Å². The molecule has 1 aromatic rings. The molecule has 5 heteroatoms. The standard InChI is InChI=1S/C12H20N2O2S/c1-4-16-12-7-10(5-6-11(12)13)14-9(2)8-17(3)15/h5-7,9,14H,4,8,13H2,1-3H3. The molecule has 96 valence electrons. The fourth-order valence-corrected chi connectivity index (χ4v) is 2.37. The third kappa shape index (κ3) is 4.65. The number of nitrogen functional groups attached to an aromatic ring is 1. The Morgan fingerprint density at radius 2 is 2.24 bits per heavy atom. The van der Waals surface area contributed by atoms with Gasteiger partial charge < -0.3 is 15.8 Å². The molecule has 0 aromatic heterocycles. The highest BCUT2D eigenvalue weighted by Gasteiger charge is 2.06. The van der Waals surface area contributed by atoms with Crippen LogP contribution >= 0.6 is 0 Å². The van der Waals surface area contributed by atoms with Crippen molar-refractivity contribution >= 4 is 22.2 Å². The zero-order valence-electron chi connectivity index (χ0n) is 10.5. The van der Waals surface area contributed by atoms with Gasteiger partial charge in [-0.05, 0) is 26.0 Å². The monoisotopic (exact) mass is 256 g/mol. The van der Waals surface area contributed by atoms with Gasteiger partial charge in [-0.3, -0.25) is 4.21 Å². The topological polar surface area (TPSA) is 64.3 Å². The molecule has 3 N–H and O–H groups in total. The van der Waals surface area contributed by atoms with Crippen molar-refractivity contribution in [2.75, 3.05) is 29.7 Å². The largest absolute Gasteiger partial charge is 0.492 e. The van der Waals surface area contributed by atoms with Gasteiger partial charge in [-0.1, -0.05) is 0 Å². The highest BCUT2D eigenvalue weighted by atomic mass is 32.2. The molecule has 17 heavy (non-hydrogen) atoms. The maximum absolute atomic E-state index is 11.1. The van der Waals surface area contributed by atoms with Crippen LogP contribution in [0.25, 0.3) is 0 Å². The Balaban J connectivity index is 2.71. The highest BCUT2D eigenvalue weighted by Crippen LogP contribution is 2.25.